The second-order valence-electron chi connectivity index (χ2n) is 5.12. The van der Waals surface area contributed by atoms with Crippen LogP contribution in [0.3, 0.4) is 0 Å². The van der Waals surface area contributed by atoms with E-state index in [1.54, 1.807) is 12.1 Å². The van der Waals surface area contributed by atoms with Gasteiger partial charge in [-0.3, -0.25) is 4.90 Å². The molecular formula is C13H20ClN3O2. The summed E-state index contributed by atoms with van der Waals surface area (Å²) in [5.74, 6) is 0.0255. The van der Waals surface area contributed by atoms with E-state index in [1.165, 1.54) is 0 Å². The van der Waals surface area contributed by atoms with Crippen LogP contribution in [0.1, 0.15) is 25.0 Å². The lowest BCUT2D eigenvalue weighted by Gasteiger charge is -2.34. The number of aliphatic hydroxyl groups excluding tert-OH is 1. The van der Waals surface area contributed by atoms with Crippen molar-refractivity contribution < 1.29 is 10.3 Å². The zero-order valence-corrected chi connectivity index (χ0v) is 12.1. The molecule has 0 saturated heterocycles. The summed E-state index contributed by atoms with van der Waals surface area (Å²) >= 11 is 6.19. The van der Waals surface area contributed by atoms with Gasteiger partial charge in [0.1, 0.15) is 0 Å². The molecular weight excluding hydrogens is 266 g/mol. The highest BCUT2D eigenvalue weighted by Crippen LogP contribution is 2.22. The smallest absolute Gasteiger partial charge is 0.170 e. The summed E-state index contributed by atoms with van der Waals surface area (Å²) in [7, 11) is 1.92. The first-order valence-electron chi connectivity index (χ1n) is 5.90. The number of hydrogen-bond acceptors (Lipinski definition) is 4. The SMILES string of the molecule is CN(Cc1ccc(/C(N)=N/O)cc1Cl)C(C)(C)CO. The Hall–Kier alpha value is -1.30. The number of benzene rings is 1. The molecule has 4 N–H and O–H groups in total. The fraction of sp³-hybridized carbons (Fsp3) is 0.462. The number of nitrogens with two attached hydrogens (primary N) is 1. The second kappa shape index (κ2) is 6.23. The van der Waals surface area contributed by atoms with Crippen LogP contribution in [0.5, 0.6) is 0 Å². The van der Waals surface area contributed by atoms with Gasteiger partial charge in [0.25, 0.3) is 0 Å². The van der Waals surface area contributed by atoms with E-state index < -0.39 is 0 Å². The second-order valence-corrected chi connectivity index (χ2v) is 5.53. The standard InChI is InChI=1S/C13H20ClN3O2/c1-13(2,8-18)17(3)7-10-5-4-9(6-11(10)14)12(15)16-19/h4-6,18-19H,7-8H2,1-3H3,(H2,15,16). The van der Waals surface area contributed by atoms with Crippen molar-refractivity contribution >= 4 is 17.4 Å². The molecule has 6 heteroatoms. The van der Waals surface area contributed by atoms with Gasteiger partial charge in [0.15, 0.2) is 5.84 Å². The molecule has 0 fully saturated rings. The molecule has 0 unspecified atom stereocenters. The number of amidine groups is 1. The van der Waals surface area contributed by atoms with E-state index in [2.05, 4.69) is 5.16 Å². The lowest BCUT2D eigenvalue weighted by molar-refractivity contribution is 0.0734. The highest BCUT2D eigenvalue weighted by Gasteiger charge is 2.23. The first-order chi connectivity index (χ1) is 8.81. The van der Waals surface area contributed by atoms with Gasteiger partial charge in [-0.15, -0.1) is 0 Å². The molecule has 0 aliphatic rings. The van der Waals surface area contributed by atoms with Gasteiger partial charge in [0.2, 0.25) is 0 Å². The Bertz CT molecular complexity index is 475. The fourth-order valence-electron chi connectivity index (χ4n) is 1.48. The topological polar surface area (TPSA) is 82.1 Å². The Morgan fingerprint density at radius 1 is 1.47 bits per heavy atom. The molecule has 1 rings (SSSR count). The summed E-state index contributed by atoms with van der Waals surface area (Å²) < 4.78 is 0. The average Bonchev–Trinajstić information content (AvgIpc) is 2.39. The zero-order chi connectivity index (χ0) is 14.6. The van der Waals surface area contributed by atoms with Gasteiger partial charge in [-0.05, 0) is 32.5 Å². The highest BCUT2D eigenvalue weighted by atomic mass is 35.5. The van der Waals surface area contributed by atoms with E-state index in [0.717, 1.165) is 5.56 Å². The monoisotopic (exact) mass is 285 g/mol. The van der Waals surface area contributed by atoms with Crippen molar-refractivity contribution in [2.75, 3.05) is 13.7 Å². The fourth-order valence-corrected chi connectivity index (χ4v) is 1.72. The highest BCUT2D eigenvalue weighted by molar-refractivity contribution is 6.31. The number of aliphatic hydroxyl groups is 1. The quantitative estimate of drug-likeness (QED) is 0.332. The van der Waals surface area contributed by atoms with Crippen molar-refractivity contribution in [3.63, 3.8) is 0 Å². The molecule has 0 aliphatic heterocycles. The summed E-state index contributed by atoms with van der Waals surface area (Å²) in [6.07, 6.45) is 0. The van der Waals surface area contributed by atoms with Crippen LogP contribution < -0.4 is 5.73 Å². The number of likely N-dealkylation sites (N-methyl/N-ethyl adjacent to an activating group) is 1. The van der Waals surface area contributed by atoms with E-state index in [-0.39, 0.29) is 18.0 Å². The van der Waals surface area contributed by atoms with Crippen LogP contribution in [0.2, 0.25) is 5.02 Å². The molecule has 0 radical (unpaired) electrons. The molecule has 0 saturated carbocycles. The molecule has 0 aromatic heterocycles. The Morgan fingerprint density at radius 3 is 2.58 bits per heavy atom. The van der Waals surface area contributed by atoms with Crippen LogP contribution in [0, 0.1) is 0 Å². The predicted octanol–water partition coefficient (Wildman–Crippen LogP) is 1.64. The van der Waals surface area contributed by atoms with Gasteiger partial charge < -0.3 is 16.0 Å². The van der Waals surface area contributed by atoms with E-state index in [0.29, 0.717) is 17.1 Å². The maximum Gasteiger partial charge on any atom is 0.170 e. The summed E-state index contributed by atoms with van der Waals surface area (Å²) in [6, 6.07) is 5.24. The Balaban J connectivity index is 2.93. The van der Waals surface area contributed by atoms with E-state index in [4.69, 9.17) is 22.5 Å². The number of rotatable bonds is 5. The lowest BCUT2D eigenvalue weighted by Crippen LogP contribution is -2.43. The molecule has 19 heavy (non-hydrogen) atoms. The van der Waals surface area contributed by atoms with Gasteiger partial charge in [-0.1, -0.05) is 28.9 Å². The normalized spacial score (nSPS) is 13.1. The average molecular weight is 286 g/mol. The Morgan fingerprint density at radius 2 is 2.11 bits per heavy atom. The minimum Gasteiger partial charge on any atom is -0.409 e. The summed E-state index contributed by atoms with van der Waals surface area (Å²) in [4.78, 5) is 2.01. The molecule has 0 heterocycles. The lowest BCUT2D eigenvalue weighted by atomic mass is 10.0. The summed E-state index contributed by atoms with van der Waals surface area (Å²) in [6.45, 7) is 4.56. The molecule has 0 aliphatic carbocycles. The number of halogens is 1. The van der Waals surface area contributed by atoms with Crippen LogP contribution in [-0.4, -0.2) is 40.2 Å². The van der Waals surface area contributed by atoms with Crippen molar-refractivity contribution in [1.82, 2.24) is 4.90 Å². The largest absolute Gasteiger partial charge is 0.409 e. The van der Waals surface area contributed by atoms with Crippen molar-refractivity contribution in [2.45, 2.75) is 25.9 Å². The molecule has 0 bridgehead atoms. The minimum absolute atomic E-state index is 0.0255. The van der Waals surface area contributed by atoms with Gasteiger partial charge in [0.05, 0.1) is 6.61 Å². The van der Waals surface area contributed by atoms with Gasteiger partial charge >= 0.3 is 0 Å². The zero-order valence-electron chi connectivity index (χ0n) is 11.4. The van der Waals surface area contributed by atoms with E-state index >= 15 is 0 Å². The van der Waals surface area contributed by atoms with Crippen molar-refractivity contribution in [3.8, 4) is 0 Å². The third-order valence-electron chi connectivity index (χ3n) is 3.28. The van der Waals surface area contributed by atoms with Crippen LogP contribution >= 0.6 is 11.6 Å². The third-order valence-corrected chi connectivity index (χ3v) is 3.64. The maximum absolute atomic E-state index is 9.33. The van der Waals surface area contributed by atoms with Crippen LogP contribution in [0.15, 0.2) is 23.4 Å². The first kappa shape index (κ1) is 15.8. The molecule has 5 nitrogen and oxygen atoms in total. The molecule has 0 spiro atoms. The first-order valence-corrected chi connectivity index (χ1v) is 6.28. The van der Waals surface area contributed by atoms with Crippen molar-refractivity contribution in [2.24, 2.45) is 10.9 Å². The molecule has 1 aromatic rings. The van der Waals surface area contributed by atoms with E-state index in [1.807, 2.05) is 31.9 Å². The molecule has 106 valence electrons. The number of nitrogens with zero attached hydrogens (tertiary/aromatic N) is 2. The van der Waals surface area contributed by atoms with Crippen molar-refractivity contribution in [3.05, 3.63) is 34.3 Å². The Labute approximate surface area is 118 Å². The van der Waals surface area contributed by atoms with Crippen LogP contribution in [-0.2, 0) is 6.54 Å². The number of oxime groups is 1. The summed E-state index contributed by atoms with van der Waals surface area (Å²) in [5, 5.41) is 21.4. The minimum atomic E-state index is -0.326. The van der Waals surface area contributed by atoms with Crippen LogP contribution in [0.25, 0.3) is 0 Å². The number of hydrogen-bond donors (Lipinski definition) is 3. The van der Waals surface area contributed by atoms with Gasteiger partial charge in [-0.2, -0.15) is 0 Å². The molecule has 0 atom stereocenters. The molecule has 1 aromatic carbocycles. The predicted molar refractivity (Wildman–Crippen MR) is 76.6 cm³/mol. The van der Waals surface area contributed by atoms with Gasteiger partial charge in [0, 0.05) is 22.7 Å². The molecule has 0 amide bonds. The van der Waals surface area contributed by atoms with Crippen LogP contribution in [0.4, 0.5) is 0 Å². The van der Waals surface area contributed by atoms with Crippen molar-refractivity contribution in [1.29, 1.82) is 0 Å². The maximum atomic E-state index is 9.33. The van der Waals surface area contributed by atoms with Gasteiger partial charge in [-0.25, -0.2) is 0 Å². The third kappa shape index (κ3) is 3.83. The summed E-state index contributed by atoms with van der Waals surface area (Å²) in [5.41, 5.74) is 6.66. The Kier molecular flexibility index (Phi) is 5.17. The van der Waals surface area contributed by atoms with E-state index in [9.17, 15) is 5.11 Å².